The minimum absolute atomic E-state index is 0.113. The van der Waals surface area contributed by atoms with Gasteiger partial charge in [0.25, 0.3) is 0 Å². The molecule has 0 aromatic heterocycles. The van der Waals surface area contributed by atoms with Crippen LogP contribution < -0.4 is 5.73 Å². The van der Waals surface area contributed by atoms with Crippen molar-refractivity contribution in [1.82, 2.24) is 0 Å². The first-order chi connectivity index (χ1) is 8.79. The second-order valence-corrected chi connectivity index (χ2v) is 4.49. The van der Waals surface area contributed by atoms with Crippen molar-refractivity contribution in [3.63, 3.8) is 0 Å². The third kappa shape index (κ3) is 3.91. The molecule has 0 radical (unpaired) electrons. The summed E-state index contributed by atoms with van der Waals surface area (Å²) in [5.74, 6) is -1.47. The molecule has 0 aliphatic heterocycles. The molecule has 2 N–H and O–H groups in total. The van der Waals surface area contributed by atoms with Gasteiger partial charge in [0.05, 0.1) is 5.56 Å². The number of nitrogens with two attached hydrogens (primary N) is 1. The van der Waals surface area contributed by atoms with Crippen LogP contribution in [0.1, 0.15) is 30.5 Å². The summed E-state index contributed by atoms with van der Waals surface area (Å²) in [4.78, 5) is 0. The van der Waals surface area contributed by atoms with Gasteiger partial charge in [0.15, 0.2) is 0 Å². The fourth-order valence-corrected chi connectivity index (χ4v) is 1.82. The number of alkyl halides is 3. The van der Waals surface area contributed by atoms with E-state index >= 15 is 0 Å². The molecule has 0 fully saturated rings. The third-order valence-electron chi connectivity index (χ3n) is 3.08. The Labute approximate surface area is 109 Å². The van der Waals surface area contributed by atoms with Crippen molar-refractivity contribution in [2.75, 3.05) is 13.7 Å². The fourth-order valence-electron chi connectivity index (χ4n) is 1.82. The lowest BCUT2D eigenvalue weighted by Gasteiger charge is -2.22. The van der Waals surface area contributed by atoms with Gasteiger partial charge in [-0.3, -0.25) is 0 Å². The van der Waals surface area contributed by atoms with E-state index in [0.29, 0.717) is 19.1 Å². The molecule has 0 saturated carbocycles. The van der Waals surface area contributed by atoms with E-state index in [9.17, 15) is 17.6 Å². The van der Waals surface area contributed by atoms with Gasteiger partial charge in [-0.25, -0.2) is 4.39 Å². The van der Waals surface area contributed by atoms with Crippen molar-refractivity contribution >= 4 is 0 Å². The van der Waals surface area contributed by atoms with E-state index in [2.05, 4.69) is 0 Å². The molecule has 2 nitrogen and oxygen atoms in total. The number of hydrogen-bond donors (Lipinski definition) is 1. The average molecular weight is 279 g/mol. The van der Waals surface area contributed by atoms with Gasteiger partial charge in [-0.2, -0.15) is 13.2 Å². The lowest BCUT2D eigenvalue weighted by atomic mass is 9.91. The van der Waals surface area contributed by atoms with E-state index < -0.39 is 23.6 Å². The highest BCUT2D eigenvalue weighted by Crippen LogP contribution is 2.35. The van der Waals surface area contributed by atoms with Crippen molar-refractivity contribution < 1.29 is 22.3 Å². The van der Waals surface area contributed by atoms with Crippen LogP contribution in [0, 0.1) is 11.7 Å². The molecule has 0 amide bonds. The van der Waals surface area contributed by atoms with Crippen LogP contribution >= 0.6 is 0 Å². The van der Waals surface area contributed by atoms with E-state index in [4.69, 9.17) is 10.5 Å². The number of rotatable bonds is 5. The molecular formula is C13H17F4NO. The van der Waals surface area contributed by atoms with Gasteiger partial charge in [0.1, 0.15) is 5.82 Å². The number of ether oxygens (including phenoxy) is 1. The molecular weight excluding hydrogens is 262 g/mol. The molecule has 2 atom stereocenters. The largest absolute Gasteiger partial charge is 0.419 e. The Bertz CT molecular complexity index is 420. The molecule has 6 heteroatoms. The summed E-state index contributed by atoms with van der Waals surface area (Å²) in [6.45, 7) is 2.18. The summed E-state index contributed by atoms with van der Waals surface area (Å²) in [6.07, 6.45) is -4.16. The maximum atomic E-state index is 13.9. The summed E-state index contributed by atoms with van der Waals surface area (Å²) >= 11 is 0. The van der Waals surface area contributed by atoms with E-state index in [0.717, 1.165) is 0 Å². The van der Waals surface area contributed by atoms with Crippen molar-refractivity contribution in [2.45, 2.75) is 25.6 Å². The lowest BCUT2D eigenvalue weighted by molar-refractivity contribution is -0.140. The first-order valence-corrected chi connectivity index (χ1v) is 5.89. The average Bonchev–Trinajstić information content (AvgIpc) is 2.34. The van der Waals surface area contributed by atoms with Crippen LogP contribution in [0.4, 0.5) is 17.6 Å². The minimum atomic E-state index is -4.71. The standard InChI is InChI=1S/C13H17F4NO/c1-8(6-7-19-2)12(18)9-4-3-5-10(11(9)14)13(15,16)17/h3-5,8,12H,6-7,18H2,1-2H3. The Morgan fingerprint density at radius 2 is 1.95 bits per heavy atom. The Hall–Kier alpha value is -1.14. The minimum Gasteiger partial charge on any atom is -0.385 e. The van der Waals surface area contributed by atoms with Crippen LogP contribution in [0.25, 0.3) is 0 Å². The number of halogens is 4. The SMILES string of the molecule is COCCC(C)C(N)c1cccc(C(F)(F)F)c1F. The smallest absolute Gasteiger partial charge is 0.385 e. The molecule has 0 spiro atoms. The van der Waals surface area contributed by atoms with E-state index in [-0.39, 0.29) is 11.5 Å². The molecule has 19 heavy (non-hydrogen) atoms. The predicted octanol–water partition coefficient (Wildman–Crippen LogP) is 3.52. The monoisotopic (exact) mass is 279 g/mol. The fraction of sp³-hybridized carbons (Fsp3) is 0.538. The van der Waals surface area contributed by atoms with Gasteiger partial charge in [-0.15, -0.1) is 0 Å². The molecule has 1 aromatic carbocycles. The van der Waals surface area contributed by atoms with Crippen LogP contribution in [0.15, 0.2) is 18.2 Å². The zero-order chi connectivity index (χ0) is 14.6. The van der Waals surface area contributed by atoms with Gasteiger partial charge in [0.2, 0.25) is 0 Å². The first kappa shape index (κ1) is 15.9. The highest BCUT2D eigenvalue weighted by atomic mass is 19.4. The van der Waals surface area contributed by atoms with Crippen molar-refractivity contribution in [1.29, 1.82) is 0 Å². The molecule has 0 bridgehead atoms. The Morgan fingerprint density at radius 3 is 2.47 bits per heavy atom. The normalized spacial score (nSPS) is 15.3. The third-order valence-corrected chi connectivity index (χ3v) is 3.08. The van der Waals surface area contributed by atoms with Gasteiger partial charge in [0, 0.05) is 25.3 Å². The molecule has 1 aromatic rings. The maximum absolute atomic E-state index is 13.9. The number of benzene rings is 1. The molecule has 108 valence electrons. The van der Waals surface area contributed by atoms with Gasteiger partial charge in [-0.05, 0) is 18.4 Å². The maximum Gasteiger partial charge on any atom is 0.419 e. The van der Waals surface area contributed by atoms with E-state index in [1.165, 1.54) is 19.2 Å². The van der Waals surface area contributed by atoms with Crippen LogP contribution in [0.5, 0.6) is 0 Å². The van der Waals surface area contributed by atoms with E-state index in [1.54, 1.807) is 6.92 Å². The van der Waals surface area contributed by atoms with Gasteiger partial charge >= 0.3 is 6.18 Å². The summed E-state index contributed by atoms with van der Waals surface area (Å²) < 4.78 is 56.5. The number of methoxy groups -OCH3 is 1. The predicted molar refractivity (Wildman–Crippen MR) is 64.0 cm³/mol. The second kappa shape index (κ2) is 6.34. The summed E-state index contributed by atoms with van der Waals surface area (Å²) in [7, 11) is 1.52. The van der Waals surface area contributed by atoms with Crippen LogP contribution in [0.3, 0.4) is 0 Å². The highest BCUT2D eigenvalue weighted by molar-refractivity contribution is 5.30. The molecule has 0 saturated heterocycles. The topological polar surface area (TPSA) is 35.2 Å². The van der Waals surface area contributed by atoms with E-state index in [1.807, 2.05) is 0 Å². The van der Waals surface area contributed by atoms with Crippen molar-refractivity contribution in [2.24, 2.45) is 11.7 Å². The quantitative estimate of drug-likeness (QED) is 0.837. The Morgan fingerprint density at radius 1 is 1.32 bits per heavy atom. The summed E-state index contributed by atoms with van der Waals surface area (Å²) in [6, 6.07) is 2.38. The Balaban J connectivity index is 3.01. The molecule has 1 rings (SSSR count). The number of hydrogen-bond acceptors (Lipinski definition) is 2. The zero-order valence-corrected chi connectivity index (χ0v) is 10.8. The Kier molecular flexibility index (Phi) is 5.31. The molecule has 2 unspecified atom stereocenters. The van der Waals surface area contributed by atoms with Crippen LogP contribution in [-0.2, 0) is 10.9 Å². The van der Waals surface area contributed by atoms with Crippen LogP contribution in [0.2, 0.25) is 0 Å². The summed E-state index contributed by atoms with van der Waals surface area (Å²) in [5.41, 5.74) is 4.44. The molecule has 0 aliphatic carbocycles. The van der Waals surface area contributed by atoms with Crippen molar-refractivity contribution in [3.8, 4) is 0 Å². The van der Waals surface area contributed by atoms with Gasteiger partial charge in [-0.1, -0.05) is 19.1 Å². The van der Waals surface area contributed by atoms with Crippen molar-refractivity contribution in [3.05, 3.63) is 35.1 Å². The van der Waals surface area contributed by atoms with Gasteiger partial charge < -0.3 is 10.5 Å². The zero-order valence-electron chi connectivity index (χ0n) is 10.8. The first-order valence-electron chi connectivity index (χ1n) is 5.89. The molecule has 0 aliphatic rings. The molecule has 0 heterocycles. The van der Waals surface area contributed by atoms with Crippen LogP contribution in [-0.4, -0.2) is 13.7 Å². The highest BCUT2D eigenvalue weighted by Gasteiger charge is 2.35. The lowest BCUT2D eigenvalue weighted by Crippen LogP contribution is -2.23. The second-order valence-electron chi connectivity index (χ2n) is 4.49. The summed E-state index contributed by atoms with van der Waals surface area (Å²) in [5, 5.41) is 0.